The summed E-state index contributed by atoms with van der Waals surface area (Å²) in [5, 5.41) is 2.84. The molecule has 0 radical (unpaired) electrons. The number of para-hydroxylation sites is 1. The first-order chi connectivity index (χ1) is 8.75. The van der Waals surface area contributed by atoms with Gasteiger partial charge in [-0.1, -0.05) is 18.2 Å². The van der Waals surface area contributed by atoms with Gasteiger partial charge in [-0.15, -0.1) is 0 Å². The van der Waals surface area contributed by atoms with Crippen LogP contribution in [0.2, 0.25) is 0 Å². The zero-order chi connectivity index (χ0) is 12.8. The molecule has 1 N–H and O–H groups in total. The average Bonchev–Trinajstić information content (AvgIpc) is 3.19. The number of amides is 2. The Bertz CT molecular complexity index is 377. The molecular weight excluding hydrogens is 228 g/mol. The van der Waals surface area contributed by atoms with Gasteiger partial charge in [0.15, 0.2) is 0 Å². The number of likely N-dealkylation sites (N-methyl/N-ethyl adjacent to an activating group) is 1. The van der Waals surface area contributed by atoms with Gasteiger partial charge >= 0.3 is 6.03 Å². The molecule has 0 spiro atoms. The Balaban J connectivity index is 1.64. The molecule has 1 aromatic rings. The summed E-state index contributed by atoms with van der Waals surface area (Å²) in [5.41, 5.74) is 0.813. The molecule has 1 aromatic carbocycles. The van der Waals surface area contributed by atoms with E-state index in [4.69, 9.17) is 4.74 Å². The molecule has 0 aromatic heterocycles. The number of nitrogens with zero attached hydrogens (tertiary/aromatic N) is 1. The first-order valence-electron chi connectivity index (χ1n) is 6.40. The number of carbonyl (C=O) groups excluding carboxylic acids is 1. The van der Waals surface area contributed by atoms with Crippen LogP contribution in [-0.4, -0.2) is 37.7 Å². The lowest BCUT2D eigenvalue weighted by Crippen LogP contribution is -2.34. The van der Waals surface area contributed by atoms with E-state index in [-0.39, 0.29) is 6.03 Å². The van der Waals surface area contributed by atoms with Crippen LogP contribution < -0.4 is 5.32 Å². The lowest BCUT2D eigenvalue weighted by Gasteiger charge is -2.17. The molecule has 1 fully saturated rings. The Morgan fingerprint density at radius 2 is 2.11 bits per heavy atom. The maximum absolute atomic E-state index is 11.8. The summed E-state index contributed by atoms with van der Waals surface area (Å²) in [6, 6.07) is 9.36. The summed E-state index contributed by atoms with van der Waals surface area (Å²) in [7, 11) is 1.78. The average molecular weight is 248 g/mol. The van der Waals surface area contributed by atoms with Gasteiger partial charge in [0.2, 0.25) is 0 Å². The highest BCUT2D eigenvalue weighted by Crippen LogP contribution is 2.28. The molecule has 2 amide bonds. The Morgan fingerprint density at radius 3 is 2.78 bits per heavy atom. The van der Waals surface area contributed by atoms with E-state index in [1.165, 1.54) is 12.8 Å². The smallest absolute Gasteiger partial charge is 0.321 e. The highest BCUT2D eigenvalue weighted by molar-refractivity contribution is 5.89. The molecule has 0 bridgehead atoms. The van der Waals surface area contributed by atoms with E-state index in [1.807, 2.05) is 30.3 Å². The van der Waals surface area contributed by atoms with Crippen molar-refractivity contribution in [3.8, 4) is 0 Å². The maximum Gasteiger partial charge on any atom is 0.321 e. The van der Waals surface area contributed by atoms with Gasteiger partial charge in [-0.2, -0.15) is 0 Å². The summed E-state index contributed by atoms with van der Waals surface area (Å²) in [6.07, 6.45) is 2.59. The minimum atomic E-state index is -0.101. The molecule has 0 atom stereocenters. The molecule has 1 aliphatic rings. The molecule has 98 valence electrons. The molecule has 4 nitrogen and oxygen atoms in total. The summed E-state index contributed by atoms with van der Waals surface area (Å²) in [4.78, 5) is 13.5. The Labute approximate surface area is 108 Å². The second-order valence-electron chi connectivity index (χ2n) is 4.74. The van der Waals surface area contributed by atoms with Crippen LogP contribution in [0, 0.1) is 5.92 Å². The monoisotopic (exact) mass is 248 g/mol. The fraction of sp³-hybridized carbons (Fsp3) is 0.500. The molecule has 0 unspecified atom stereocenters. The number of rotatable bonds is 6. The first kappa shape index (κ1) is 12.9. The van der Waals surface area contributed by atoms with Crippen LogP contribution in [0.15, 0.2) is 30.3 Å². The summed E-state index contributed by atoms with van der Waals surface area (Å²) in [6.45, 7) is 2.06. The molecule has 2 rings (SSSR count). The van der Waals surface area contributed by atoms with Gasteiger partial charge in [0.25, 0.3) is 0 Å². The first-order valence-corrected chi connectivity index (χ1v) is 6.40. The second-order valence-corrected chi connectivity index (χ2v) is 4.74. The molecular formula is C14H20N2O2. The van der Waals surface area contributed by atoms with Gasteiger partial charge in [-0.05, 0) is 30.9 Å². The minimum absolute atomic E-state index is 0.101. The highest BCUT2D eigenvalue weighted by Gasteiger charge is 2.21. The standard InChI is InChI=1S/C14H20N2O2/c1-16(9-10-18-11-12-7-8-12)14(17)15-13-5-3-2-4-6-13/h2-6,12H,7-11H2,1H3,(H,15,17). The van der Waals surface area contributed by atoms with Gasteiger partial charge in [-0.25, -0.2) is 4.79 Å². The van der Waals surface area contributed by atoms with E-state index in [0.717, 1.165) is 18.2 Å². The van der Waals surface area contributed by atoms with Gasteiger partial charge in [0.05, 0.1) is 6.61 Å². The van der Waals surface area contributed by atoms with Crippen LogP contribution in [0.25, 0.3) is 0 Å². The third kappa shape index (κ3) is 4.37. The number of hydrogen-bond acceptors (Lipinski definition) is 2. The summed E-state index contributed by atoms with van der Waals surface area (Å²) in [5.74, 6) is 0.772. The Kier molecular flexibility index (Phi) is 4.59. The summed E-state index contributed by atoms with van der Waals surface area (Å²) >= 11 is 0. The van der Waals surface area contributed by atoms with Crippen molar-refractivity contribution >= 4 is 11.7 Å². The van der Waals surface area contributed by atoms with Crippen molar-refractivity contribution in [3.63, 3.8) is 0 Å². The zero-order valence-electron chi connectivity index (χ0n) is 10.8. The quantitative estimate of drug-likeness (QED) is 0.786. The Hall–Kier alpha value is -1.55. The Morgan fingerprint density at radius 1 is 1.39 bits per heavy atom. The predicted octanol–water partition coefficient (Wildman–Crippen LogP) is 2.58. The number of carbonyl (C=O) groups is 1. The number of anilines is 1. The van der Waals surface area contributed by atoms with Crippen LogP contribution in [0.5, 0.6) is 0 Å². The highest BCUT2D eigenvalue weighted by atomic mass is 16.5. The lowest BCUT2D eigenvalue weighted by molar-refractivity contribution is 0.109. The fourth-order valence-corrected chi connectivity index (χ4v) is 1.58. The second kappa shape index (κ2) is 6.40. The predicted molar refractivity (Wildman–Crippen MR) is 71.6 cm³/mol. The topological polar surface area (TPSA) is 41.6 Å². The third-order valence-electron chi connectivity index (χ3n) is 2.99. The van der Waals surface area contributed by atoms with Crippen molar-refractivity contribution in [3.05, 3.63) is 30.3 Å². The number of hydrogen-bond donors (Lipinski definition) is 1. The molecule has 0 saturated heterocycles. The van der Waals surface area contributed by atoms with Crippen molar-refractivity contribution in [1.29, 1.82) is 0 Å². The molecule has 0 heterocycles. The zero-order valence-corrected chi connectivity index (χ0v) is 10.8. The summed E-state index contributed by atoms with van der Waals surface area (Å²) < 4.78 is 5.51. The molecule has 0 aliphatic heterocycles. The van der Waals surface area contributed by atoms with E-state index in [1.54, 1.807) is 11.9 Å². The minimum Gasteiger partial charge on any atom is -0.379 e. The fourth-order valence-electron chi connectivity index (χ4n) is 1.58. The normalized spacial score (nSPS) is 14.3. The van der Waals surface area contributed by atoms with Crippen molar-refractivity contribution in [2.24, 2.45) is 5.92 Å². The van der Waals surface area contributed by atoms with Gasteiger partial charge < -0.3 is 15.0 Å². The third-order valence-corrected chi connectivity index (χ3v) is 2.99. The van der Waals surface area contributed by atoms with Crippen molar-refractivity contribution in [2.75, 3.05) is 32.1 Å². The lowest BCUT2D eigenvalue weighted by atomic mass is 10.3. The van der Waals surface area contributed by atoms with Crippen LogP contribution in [0.4, 0.5) is 10.5 Å². The van der Waals surface area contributed by atoms with Gasteiger partial charge in [-0.3, -0.25) is 0 Å². The molecule has 4 heteroatoms. The SMILES string of the molecule is CN(CCOCC1CC1)C(=O)Nc1ccccc1. The maximum atomic E-state index is 11.8. The molecule has 1 aliphatic carbocycles. The van der Waals surface area contributed by atoms with Crippen LogP contribution >= 0.6 is 0 Å². The molecule has 1 saturated carbocycles. The van der Waals surface area contributed by atoms with E-state index >= 15 is 0 Å². The van der Waals surface area contributed by atoms with Crippen LogP contribution in [0.3, 0.4) is 0 Å². The van der Waals surface area contributed by atoms with Crippen molar-refractivity contribution < 1.29 is 9.53 Å². The van der Waals surface area contributed by atoms with E-state index in [0.29, 0.717) is 13.2 Å². The van der Waals surface area contributed by atoms with Gasteiger partial charge in [0, 0.05) is 25.9 Å². The largest absolute Gasteiger partial charge is 0.379 e. The van der Waals surface area contributed by atoms with Gasteiger partial charge in [0.1, 0.15) is 0 Å². The van der Waals surface area contributed by atoms with E-state index in [2.05, 4.69) is 5.32 Å². The van der Waals surface area contributed by atoms with E-state index in [9.17, 15) is 4.79 Å². The number of urea groups is 1. The number of ether oxygens (including phenoxy) is 1. The van der Waals surface area contributed by atoms with E-state index < -0.39 is 0 Å². The number of benzene rings is 1. The van der Waals surface area contributed by atoms with Crippen molar-refractivity contribution in [2.45, 2.75) is 12.8 Å². The molecule has 18 heavy (non-hydrogen) atoms. The van der Waals surface area contributed by atoms with Crippen molar-refractivity contribution in [1.82, 2.24) is 4.90 Å². The van der Waals surface area contributed by atoms with Crippen LogP contribution in [-0.2, 0) is 4.74 Å². The number of nitrogens with one attached hydrogen (secondary N) is 1. The van der Waals surface area contributed by atoms with Crippen LogP contribution in [0.1, 0.15) is 12.8 Å².